The van der Waals surface area contributed by atoms with Gasteiger partial charge in [-0.05, 0) is 42.5 Å². The van der Waals surface area contributed by atoms with Crippen LogP contribution in [0, 0.1) is 0 Å². The second-order valence-corrected chi connectivity index (χ2v) is 7.24. The Morgan fingerprint density at radius 3 is 2.70 bits per heavy atom. The van der Waals surface area contributed by atoms with Crippen LogP contribution in [-0.2, 0) is 0 Å². The maximum absolute atomic E-state index is 12.3. The van der Waals surface area contributed by atoms with E-state index in [2.05, 4.69) is 12.2 Å². The summed E-state index contributed by atoms with van der Waals surface area (Å²) in [6.07, 6.45) is 9.51. The van der Waals surface area contributed by atoms with E-state index in [0.717, 1.165) is 12.2 Å². The van der Waals surface area contributed by atoms with Crippen molar-refractivity contribution in [3.63, 3.8) is 0 Å². The predicted octanol–water partition coefficient (Wildman–Crippen LogP) is 3.06. The van der Waals surface area contributed by atoms with Gasteiger partial charge in [0, 0.05) is 12.1 Å². The number of nitrogens with two attached hydrogens (primary N) is 3. The summed E-state index contributed by atoms with van der Waals surface area (Å²) in [5.41, 5.74) is 17.7. The lowest BCUT2D eigenvalue weighted by molar-refractivity contribution is 0.0965. The number of unbranched alkanes of at least 4 members (excludes halogenated alkanes) is 4. The standard InChI is InChI=1S/C20H32N4O2S/c1-2-3-4-5-6-14-27-19(23)11-10-18(22)24-20(25)16-8-7-9-17(15-16)26-13-12-21/h7-11,15H,2-6,12-14,21-23H2,1H3,(H,24,25)/b18-10+,19-11+. The zero-order valence-electron chi connectivity index (χ0n) is 16.1. The van der Waals surface area contributed by atoms with E-state index in [9.17, 15) is 4.79 Å². The van der Waals surface area contributed by atoms with Gasteiger partial charge in [-0.1, -0.05) is 38.7 Å². The van der Waals surface area contributed by atoms with Crippen LogP contribution in [0.1, 0.15) is 49.4 Å². The molecule has 0 radical (unpaired) electrons. The molecule has 150 valence electrons. The second kappa shape index (κ2) is 14.0. The lowest BCUT2D eigenvalue weighted by atomic mass is 10.2. The molecule has 0 unspecified atom stereocenters. The lowest BCUT2D eigenvalue weighted by Gasteiger charge is -2.08. The molecule has 1 aromatic rings. The van der Waals surface area contributed by atoms with Gasteiger partial charge in [0.25, 0.3) is 5.91 Å². The van der Waals surface area contributed by atoms with Gasteiger partial charge in [-0.3, -0.25) is 4.79 Å². The molecule has 7 N–H and O–H groups in total. The van der Waals surface area contributed by atoms with Crippen LogP contribution in [0.5, 0.6) is 5.75 Å². The van der Waals surface area contributed by atoms with Gasteiger partial charge in [-0.15, -0.1) is 11.8 Å². The molecule has 0 aliphatic carbocycles. The summed E-state index contributed by atoms with van der Waals surface area (Å²) in [4.78, 5) is 12.3. The van der Waals surface area contributed by atoms with Crippen molar-refractivity contribution >= 4 is 17.7 Å². The number of hydrogen-bond donors (Lipinski definition) is 4. The third-order valence-electron chi connectivity index (χ3n) is 3.68. The third kappa shape index (κ3) is 10.6. The first-order valence-electron chi connectivity index (χ1n) is 9.36. The molecule has 0 atom stereocenters. The molecule has 7 heteroatoms. The number of ether oxygens (including phenoxy) is 1. The van der Waals surface area contributed by atoms with Crippen LogP contribution in [0.2, 0.25) is 0 Å². The summed E-state index contributed by atoms with van der Waals surface area (Å²) < 4.78 is 5.42. The van der Waals surface area contributed by atoms with Crippen molar-refractivity contribution in [3.05, 3.63) is 52.8 Å². The van der Waals surface area contributed by atoms with Gasteiger partial charge in [0.2, 0.25) is 0 Å². The van der Waals surface area contributed by atoms with E-state index in [1.165, 1.54) is 25.7 Å². The first-order chi connectivity index (χ1) is 13.1. The van der Waals surface area contributed by atoms with Gasteiger partial charge in [0.1, 0.15) is 18.2 Å². The van der Waals surface area contributed by atoms with Crippen molar-refractivity contribution < 1.29 is 9.53 Å². The Morgan fingerprint density at radius 2 is 1.96 bits per heavy atom. The number of rotatable bonds is 13. The minimum absolute atomic E-state index is 0.236. The normalized spacial score (nSPS) is 12.1. The first kappa shape index (κ1) is 22.9. The highest BCUT2D eigenvalue weighted by atomic mass is 32.2. The van der Waals surface area contributed by atoms with Crippen molar-refractivity contribution in [2.45, 2.75) is 39.0 Å². The molecule has 1 amide bonds. The fraction of sp³-hybridized carbons (Fsp3) is 0.450. The molecule has 0 aromatic heterocycles. The number of carbonyl (C=O) groups excluding carboxylic acids is 1. The molecule has 0 saturated carbocycles. The summed E-state index contributed by atoms with van der Waals surface area (Å²) in [6, 6.07) is 6.86. The zero-order chi connectivity index (χ0) is 19.9. The number of hydrogen-bond acceptors (Lipinski definition) is 6. The monoisotopic (exact) mass is 392 g/mol. The summed E-state index contributed by atoms with van der Waals surface area (Å²) in [5.74, 6) is 1.51. The molecule has 0 aliphatic rings. The zero-order valence-corrected chi connectivity index (χ0v) is 16.9. The Balaban J connectivity index is 2.44. The topological polar surface area (TPSA) is 116 Å². The molecule has 27 heavy (non-hydrogen) atoms. The minimum atomic E-state index is -0.308. The van der Waals surface area contributed by atoms with Gasteiger partial charge in [-0.25, -0.2) is 0 Å². The van der Waals surface area contributed by atoms with Crippen LogP contribution in [0.25, 0.3) is 0 Å². The number of nitrogens with one attached hydrogen (secondary N) is 1. The maximum atomic E-state index is 12.3. The third-order valence-corrected chi connectivity index (χ3v) is 4.65. The van der Waals surface area contributed by atoms with Gasteiger partial charge in [0.15, 0.2) is 0 Å². The Kier molecular flexibility index (Phi) is 11.9. The van der Waals surface area contributed by atoms with E-state index in [1.54, 1.807) is 48.2 Å². The molecule has 1 aromatic carbocycles. The maximum Gasteiger partial charge on any atom is 0.256 e. The SMILES string of the molecule is CCCCCCCS/C(N)=C/C=C(\N)NC(=O)c1cccc(OCCN)c1. The molecule has 0 bridgehead atoms. The van der Waals surface area contributed by atoms with Crippen LogP contribution in [0.15, 0.2) is 47.3 Å². The Hall–Kier alpha value is -2.12. The highest BCUT2D eigenvalue weighted by molar-refractivity contribution is 8.03. The minimum Gasteiger partial charge on any atom is -0.492 e. The van der Waals surface area contributed by atoms with Crippen LogP contribution < -0.4 is 27.3 Å². The highest BCUT2D eigenvalue weighted by Crippen LogP contribution is 2.15. The van der Waals surface area contributed by atoms with E-state index < -0.39 is 0 Å². The van der Waals surface area contributed by atoms with Crippen molar-refractivity contribution in [3.8, 4) is 5.75 Å². The quantitative estimate of drug-likeness (QED) is 0.303. The van der Waals surface area contributed by atoms with Crippen LogP contribution in [0.4, 0.5) is 0 Å². The Morgan fingerprint density at radius 1 is 1.19 bits per heavy atom. The van der Waals surface area contributed by atoms with E-state index >= 15 is 0 Å². The molecule has 0 saturated heterocycles. The molecular formula is C20H32N4O2S. The predicted molar refractivity (Wildman–Crippen MR) is 114 cm³/mol. The second-order valence-electron chi connectivity index (χ2n) is 6.07. The van der Waals surface area contributed by atoms with Gasteiger partial charge >= 0.3 is 0 Å². The van der Waals surface area contributed by atoms with E-state index in [0.29, 0.717) is 29.5 Å². The fourth-order valence-corrected chi connectivity index (χ4v) is 3.01. The molecule has 1 rings (SSSR count). The van der Waals surface area contributed by atoms with Gasteiger partial charge in [0.05, 0.1) is 5.03 Å². The largest absolute Gasteiger partial charge is 0.492 e. The molecule has 0 spiro atoms. The van der Waals surface area contributed by atoms with Gasteiger partial charge in [-0.2, -0.15) is 0 Å². The fourth-order valence-electron chi connectivity index (χ4n) is 2.26. The summed E-state index contributed by atoms with van der Waals surface area (Å²) >= 11 is 1.60. The van der Waals surface area contributed by atoms with Crippen molar-refractivity contribution in [1.29, 1.82) is 0 Å². The van der Waals surface area contributed by atoms with Crippen molar-refractivity contribution in [2.24, 2.45) is 17.2 Å². The number of amides is 1. The molecule has 6 nitrogen and oxygen atoms in total. The number of allylic oxidation sites excluding steroid dienone is 2. The molecule has 0 fully saturated rings. The van der Waals surface area contributed by atoms with E-state index in [-0.39, 0.29) is 11.7 Å². The first-order valence-corrected chi connectivity index (χ1v) is 10.4. The summed E-state index contributed by atoms with van der Waals surface area (Å²) in [6.45, 7) is 3.02. The van der Waals surface area contributed by atoms with Crippen molar-refractivity contribution in [2.75, 3.05) is 18.9 Å². The average Bonchev–Trinajstić information content (AvgIpc) is 2.67. The van der Waals surface area contributed by atoms with Crippen LogP contribution in [0.3, 0.4) is 0 Å². The smallest absolute Gasteiger partial charge is 0.256 e. The molecule has 0 heterocycles. The Labute approximate surface area is 166 Å². The molecular weight excluding hydrogens is 360 g/mol. The van der Waals surface area contributed by atoms with Gasteiger partial charge < -0.3 is 27.3 Å². The summed E-state index contributed by atoms with van der Waals surface area (Å²) in [5, 5.41) is 3.32. The van der Waals surface area contributed by atoms with Crippen LogP contribution in [-0.4, -0.2) is 24.8 Å². The summed E-state index contributed by atoms with van der Waals surface area (Å²) in [7, 11) is 0. The lowest BCUT2D eigenvalue weighted by Crippen LogP contribution is -2.27. The van der Waals surface area contributed by atoms with E-state index in [4.69, 9.17) is 21.9 Å². The Bertz CT molecular complexity index is 632. The van der Waals surface area contributed by atoms with E-state index in [1.807, 2.05) is 0 Å². The highest BCUT2D eigenvalue weighted by Gasteiger charge is 2.07. The van der Waals surface area contributed by atoms with Crippen LogP contribution >= 0.6 is 11.8 Å². The number of carbonyl (C=O) groups is 1. The number of thioether (sulfide) groups is 1. The molecule has 0 aliphatic heterocycles. The van der Waals surface area contributed by atoms with Crippen molar-refractivity contribution in [1.82, 2.24) is 5.32 Å². The number of benzene rings is 1. The average molecular weight is 393 g/mol.